The number of ketones is 1. The molecule has 8 heteroatoms. The lowest BCUT2D eigenvalue weighted by molar-refractivity contribution is -0.146. The molecule has 27 heavy (non-hydrogen) atoms. The lowest BCUT2D eigenvalue weighted by Gasteiger charge is -2.39. The second-order valence-corrected chi connectivity index (χ2v) is 6.62. The van der Waals surface area contributed by atoms with Gasteiger partial charge in [-0.05, 0) is 23.8 Å². The zero-order valence-electron chi connectivity index (χ0n) is 14.4. The Labute approximate surface area is 154 Å². The van der Waals surface area contributed by atoms with Gasteiger partial charge in [0, 0.05) is 37.2 Å². The van der Waals surface area contributed by atoms with Gasteiger partial charge in [-0.3, -0.25) is 19.2 Å². The number of rotatable bonds is 1. The Morgan fingerprint density at radius 1 is 1.15 bits per heavy atom. The standard InChI is InChI=1S/C19H17N3O5/c20-17(24)19(26)21-5-6-22-14(10-21)15(23)9-11-3-4-12(8-13(11)18(22)25)16-2-1-7-27-16/h1-4,7-8,14H,5-6,9-10H2,(H2,20,24)/t14-/m1/s1. The molecule has 4 rings (SSSR count). The number of hydrogen-bond acceptors (Lipinski definition) is 5. The summed E-state index contributed by atoms with van der Waals surface area (Å²) in [6.45, 7) is 0.300. The number of nitrogens with zero attached hydrogens (tertiary/aromatic N) is 2. The minimum Gasteiger partial charge on any atom is -0.464 e. The van der Waals surface area contributed by atoms with Crippen molar-refractivity contribution in [2.24, 2.45) is 5.73 Å². The van der Waals surface area contributed by atoms with Crippen LogP contribution in [0.1, 0.15) is 15.9 Å². The molecular formula is C19H17N3O5. The zero-order chi connectivity index (χ0) is 19.1. The second-order valence-electron chi connectivity index (χ2n) is 6.62. The van der Waals surface area contributed by atoms with E-state index >= 15 is 0 Å². The molecule has 2 aromatic rings. The quantitative estimate of drug-likeness (QED) is 0.724. The van der Waals surface area contributed by atoms with Crippen LogP contribution < -0.4 is 5.73 Å². The van der Waals surface area contributed by atoms with Crippen LogP contribution in [-0.2, 0) is 20.8 Å². The third-order valence-corrected chi connectivity index (χ3v) is 5.02. The molecule has 1 aromatic heterocycles. The summed E-state index contributed by atoms with van der Waals surface area (Å²) in [6.07, 6.45) is 1.64. The fourth-order valence-corrected chi connectivity index (χ4v) is 3.63. The Kier molecular flexibility index (Phi) is 4.02. The minimum atomic E-state index is -1.07. The van der Waals surface area contributed by atoms with Crippen LogP contribution in [0.5, 0.6) is 0 Å². The Morgan fingerprint density at radius 2 is 1.96 bits per heavy atom. The molecule has 1 aromatic carbocycles. The number of benzene rings is 1. The van der Waals surface area contributed by atoms with Gasteiger partial charge < -0.3 is 20.0 Å². The maximum absolute atomic E-state index is 13.1. The van der Waals surface area contributed by atoms with Crippen LogP contribution in [0.2, 0.25) is 0 Å². The van der Waals surface area contributed by atoms with E-state index in [1.807, 2.05) is 6.07 Å². The molecule has 0 aliphatic carbocycles. The normalized spacial score (nSPS) is 19.3. The van der Waals surface area contributed by atoms with Crippen molar-refractivity contribution in [2.45, 2.75) is 12.5 Å². The molecule has 0 unspecified atom stereocenters. The molecule has 1 atom stereocenters. The topological polar surface area (TPSA) is 114 Å². The summed E-state index contributed by atoms with van der Waals surface area (Å²) in [4.78, 5) is 51.6. The number of primary amides is 1. The lowest BCUT2D eigenvalue weighted by atomic mass is 9.98. The first-order chi connectivity index (χ1) is 13.0. The maximum Gasteiger partial charge on any atom is 0.311 e. The molecule has 2 N–H and O–H groups in total. The van der Waals surface area contributed by atoms with Gasteiger partial charge in [-0.15, -0.1) is 0 Å². The summed E-state index contributed by atoms with van der Waals surface area (Å²) in [5, 5.41) is 0. The van der Waals surface area contributed by atoms with Gasteiger partial charge >= 0.3 is 11.8 Å². The SMILES string of the molecule is NC(=O)C(=O)N1CCN2C(=O)c3cc(-c4ccco4)ccc3CC(=O)[C@H]2C1. The number of carbonyl (C=O) groups is 4. The molecule has 0 spiro atoms. The molecular weight excluding hydrogens is 350 g/mol. The van der Waals surface area contributed by atoms with Crippen molar-refractivity contribution in [3.05, 3.63) is 47.7 Å². The predicted octanol–water partition coefficient (Wildman–Crippen LogP) is 0.210. The maximum atomic E-state index is 13.1. The van der Waals surface area contributed by atoms with E-state index in [4.69, 9.17) is 10.2 Å². The number of Topliss-reactive ketones (excluding diaryl/α,β-unsaturated/α-hetero) is 1. The van der Waals surface area contributed by atoms with Crippen molar-refractivity contribution in [2.75, 3.05) is 19.6 Å². The summed E-state index contributed by atoms with van der Waals surface area (Å²) >= 11 is 0. The summed E-state index contributed by atoms with van der Waals surface area (Å²) in [5.41, 5.74) is 6.90. The van der Waals surface area contributed by atoms with Gasteiger partial charge in [0.25, 0.3) is 5.91 Å². The van der Waals surface area contributed by atoms with Crippen LogP contribution >= 0.6 is 0 Å². The Morgan fingerprint density at radius 3 is 2.67 bits per heavy atom. The molecule has 0 saturated carbocycles. The number of amides is 3. The van der Waals surface area contributed by atoms with E-state index in [0.29, 0.717) is 16.9 Å². The van der Waals surface area contributed by atoms with E-state index < -0.39 is 17.9 Å². The van der Waals surface area contributed by atoms with Crippen molar-refractivity contribution in [3.8, 4) is 11.3 Å². The van der Waals surface area contributed by atoms with Crippen molar-refractivity contribution in [1.29, 1.82) is 0 Å². The summed E-state index contributed by atoms with van der Waals surface area (Å²) in [6, 6.07) is 8.07. The van der Waals surface area contributed by atoms with E-state index in [1.165, 1.54) is 9.80 Å². The highest BCUT2D eigenvalue weighted by atomic mass is 16.3. The van der Waals surface area contributed by atoms with Crippen LogP contribution in [0.3, 0.4) is 0 Å². The lowest BCUT2D eigenvalue weighted by Crippen LogP contribution is -2.60. The average Bonchev–Trinajstić information content (AvgIpc) is 3.18. The summed E-state index contributed by atoms with van der Waals surface area (Å²) < 4.78 is 5.39. The monoisotopic (exact) mass is 367 g/mol. The van der Waals surface area contributed by atoms with Crippen molar-refractivity contribution in [1.82, 2.24) is 9.80 Å². The highest BCUT2D eigenvalue weighted by Gasteiger charge is 2.40. The van der Waals surface area contributed by atoms with Crippen LogP contribution in [0.4, 0.5) is 0 Å². The fourth-order valence-electron chi connectivity index (χ4n) is 3.63. The third kappa shape index (κ3) is 2.88. The van der Waals surface area contributed by atoms with Gasteiger partial charge in [0.15, 0.2) is 5.78 Å². The molecule has 3 heterocycles. The van der Waals surface area contributed by atoms with E-state index in [-0.39, 0.29) is 37.7 Å². The minimum absolute atomic E-state index is 0.0224. The Hall–Kier alpha value is -3.42. The second kappa shape index (κ2) is 6.39. The third-order valence-electron chi connectivity index (χ3n) is 5.02. The molecule has 3 amide bonds. The van der Waals surface area contributed by atoms with Crippen molar-refractivity contribution >= 4 is 23.5 Å². The van der Waals surface area contributed by atoms with Gasteiger partial charge in [0.1, 0.15) is 11.8 Å². The average molecular weight is 367 g/mol. The molecule has 0 bridgehead atoms. The smallest absolute Gasteiger partial charge is 0.311 e. The van der Waals surface area contributed by atoms with Gasteiger partial charge in [0.2, 0.25) is 0 Å². The fraction of sp³-hybridized carbons (Fsp3) is 0.263. The molecule has 138 valence electrons. The largest absolute Gasteiger partial charge is 0.464 e. The van der Waals surface area contributed by atoms with Gasteiger partial charge in [0.05, 0.1) is 6.26 Å². The van der Waals surface area contributed by atoms with Crippen LogP contribution in [-0.4, -0.2) is 59.0 Å². The molecule has 1 saturated heterocycles. The van der Waals surface area contributed by atoms with E-state index in [0.717, 1.165) is 5.56 Å². The van der Waals surface area contributed by atoms with E-state index in [1.54, 1.807) is 30.5 Å². The van der Waals surface area contributed by atoms with Gasteiger partial charge in [-0.1, -0.05) is 12.1 Å². The highest BCUT2D eigenvalue weighted by molar-refractivity contribution is 6.34. The first-order valence-electron chi connectivity index (χ1n) is 8.55. The Bertz CT molecular complexity index is 950. The number of furan rings is 1. The van der Waals surface area contributed by atoms with Crippen molar-refractivity contribution in [3.63, 3.8) is 0 Å². The molecule has 2 aliphatic rings. The number of nitrogens with two attached hydrogens (primary N) is 1. The molecule has 2 aliphatic heterocycles. The van der Waals surface area contributed by atoms with Crippen LogP contribution in [0, 0.1) is 0 Å². The Balaban J connectivity index is 1.67. The number of fused-ring (bicyclic) bond motifs is 2. The van der Waals surface area contributed by atoms with Gasteiger partial charge in [-0.2, -0.15) is 0 Å². The zero-order valence-corrected chi connectivity index (χ0v) is 14.4. The van der Waals surface area contributed by atoms with E-state index in [2.05, 4.69) is 0 Å². The number of hydrogen-bond donors (Lipinski definition) is 1. The predicted molar refractivity (Wildman–Crippen MR) is 93.5 cm³/mol. The van der Waals surface area contributed by atoms with E-state index in [9.17, 15) is 19.2 Å². The number of piperazine rings is 1. The number of carbonyl (C=O) groups excluding carboxylic acids is 4. The summed E-state index contributed by atoms with van der Waals surface area (Å²) in [7, 11) is 0. The van der Waals surface area contributed by atoms with Gasteiger partial charge in [-0.25, -0.2) is 0 Å². The molecule has 0 radical (unpaired) electrons. The molecule has 1 fully saturated rings. The first kappa shape index (κ1) is 17.0. The van der Waals surface area contributed by atoms with Crippen LogP contribution in [0.15, 0.2) is 41.0 Å². The summed E-state index contributed by atoms with van der Waals surface area (Å²) in [5.74, 6) is -1.70. The molecule has 8 nitrogen and oxygen atoms in total. The highest BCUT2D eigenvalue weighted by Crippen LogP contribution is 2.28. The van der Waals surface area contributed by atoms with Crippen LogP contribution in [0.25, 0.3) is 11.3 Å². The van der Waals surface area contributed by atoms with Crippen molar-refractivity contribution < 1.29 is 23.6 Å². The first-order valence-corrected chi connectivity index (χ1v) is 8.55.